The number of nitrogens with one attached hydrogen (secondary N) is 5. The first-order valence-electron chi connectivity index (χ1n) is 11.5. The number of methoxy groups -OCH3 is 1. The number of nitrogens with zero attached hydrogens (tertiary/aromatic N) is 1. The number of carbonyl (C=O) groups excluding carboxylic acids is 5. The second-order valence-electron chi connectivity index (χ2n) is 7.42. The molecule has 16 nitrogen and oxygen atoms in total. The van der Waals surface area contributed by atoms with Gasteiger partial charge < -0.3 is 35.5 Å². The topological polar surface area (TPSA) is 216 Å². The molecule has 0 aromatic carbocycles. The molecule has 1 rings (SSSR count). The molecule has 17 heteroatoms. The smallest absolute Gasteiger partial charge is 0.407 e. The van der Waals surface area contributed by atoms with E-state index in [1.54, 1.807) is 11.9 Å². The minimum Gasteiger partial charge on any atom is -0.463 e. The van der Waals surface area contributed by atoms with Gasteiger partial charge >= 0.3 is 23.8 Å². The lowest BCUT2D eigenvalue weighted by atomic mass is 10.1. The minimum absolute atomic E-state index is 0.0472. The van der Waals surface area contributed by atoms with E-state index in [4.69, 9.17) is 9.47 Å². The molecule has 212 valence electrons. The van der Waals surface area contributed by atoms with Crippen molar-refractivity contribution in [3.8, 4) is 0 Å². The summed E-state index contributed by atoms with van der Waals surface area (Å²) in [6.45, 7) is 2.47. The number of hydrogen-bond donors (Lipinski definition) is 5. The largest absolute Gasteiger partial charge is 0.463 e. The van der Waals surface area contributed by atoms with E-state index in [0.29, 0.717) is 23.6 Å². The van der Waals surface area contributed by atoms with Gasteiger partial charge in [-0.3, -0.25) is 23.9 Å². The van der Waals surface area contributed by atoms with E-state index in [9.17, 15) is 38.0 Å². The molecule has 1 aromatic heterocycles. The first kappa shape index (κ1) is 31.6. The Morgan fingerprint density at radius 3 is 2.32 bits per heavy atom. The van der Waals surface area contributed by atoms with Crippen molar-refractivity contribution in [3.63, 3.8) is 0 Å². The molecular formula is C21H31FN6O10. The van der Waals surface area contributed by atoms with Crippen LogP contribution in [0.5, 0.6) is 0 Å². The Balaban J connectivity index is 2.85. The Bertz CT molecular complexity index is 1100. The molecule has 0 fully saturated rings. The summed E-state index contributed by atoms with van der Waals surface area (Å²) in [6.07, 6.45) is -1.98. The zero-order valence-electron chi connectivity index (χ0n) is 21.1. The zero-order chi connectivity index (χ0) is 28.7. The number of unbranched alkanes of at least 4 members (excludes halogenated alkanes) is 1. The number of H-pyrrole nitrogens is 1. The third-order valence-electron chi connectivity index (χ3n) is 4.69. The van der Waals surface area contributed by atoms with Crippen LogP contribution in [0.15, 0.2) is 15.8 Å². The highest BCUT2D eigenvalue weighted by Crippen LogP contribution is 2.04. The number of aromatic nitrogens is 2. The highest BCUT2D eigenvalue weighted by atomic mass is 19.1. The normalized spacial score (nSPS) is 11.9. The lowest BCUT2D eigenvalue weighted by Crippen LogP contribution is -2.51. The lowest BCUT2D eigenvalue weighted by molar-refractivity contribution is -0.150. The number of hydrogen-bond acceptors (Lipinski definition) is 10. The zero-order valence-corrected chi connectivity index (χ0v) is 21.1. The molecule has 0 spiro atoms. The Morgan fingerprint density at radius 1 is 1.00 bits per heavy atom. The van der Waals surface area contributed by atoms with E-state index in [0.717, 1.165) is 0 Å². The number of aromatic amines is 1. The Hall–Kier alpha value is -4.44. The van der Waals surface area contributed by atoms with Crippen LogP contribution in [0.2, 0.25) is 0 Å². The summed E-state index contributed by atoms with van der Waals surface area (Å²) >= 11 is 0. The van der Waals surface area contributed by atoms with E-state index in [1.807, 2.05) is 0 Å². The molecule has 0 aliphatic heterocycles. The van der Waals surface area contributed by atoms with E-state index >= 15 is 0 Å². The Labute approximate surface area is 215 Å². The summed E-state index contributed by atoms with van der Waals surface area (Å²) in [6, 6.07) is -1.11. The van der Waals surface area contributed by atoms with Gasteiger partial charge in [-0.05, 0) is 33.1 Å². The highest BCUT2D eigenvalue weighted by molar-refractivity contribution is 5.90. The number of esters is 1. The lowest BCUT2D eigenvalue weighted by Gasteiger charge is -2.20. The van der Waals surface area contributed by atoms with Crippen LogP contribution < -0.4 is 32.5 Å². The van der Waals surface area contributed by atoms with Gasteiger partial charge in [0.2, 0.25) is 23.8 Å². The number of halogens is 1. The molecule has 5 N–H and O–H groups in total. The van der Waals surface area contributed by atoms with Crippen LogP contribution in [0, 0.1) is 5.82 Å². The standard InChI is InChI=1S/C21H31FN6O10/c1-4-37-18(32)15(28-11-12(22)16(30)27-19(28)33)26-14(29)10-24-17(31)13(25-21(35)38-5-2)8-6-7-9-23-20(34)36-3/h11,13,15H,4-10H2,1-3H3,(H,23,34)(H,24,31)(H,25,35)(H,26,29)(H,27,30,33). The molecular weight excluding hydrogens is 515 g/mol. The van der Waals surface area contributed by atoms with Crippen molar-refractivity contribution < 1.29 is 42.6 Å². The highest BCUT2D eigenvalue weighted by Gasteiger charge is 2.27. The van der Waals surface area contributed by atoms with Crippen LogP contribution in [0.3, 0.4) is 0 Å². The van der Waals surface area contributed by atoms with Gasteiger partial charge in [-0.15, -0.1) is 0 Å². The quantitative estimate of drug-likeness (QED) is 0.105. The van der Waals surface area contributed by atoms with Crippen molar-refractivity contribution in [1.82, 2.24) is 30.8 Å². The summed E-state index contributed by atoms with van der Waals surface area (Å²) in [5.74, 6) is -4.28. The molecule has 0 bridgehead atoms. The van der Waals surface area contributed by atoms with Crippen molar-refractivity contribution >= 4 is 30.0 Å². The van der Waals surface area contributed by atoms with Crippen LogP contribution in [0.1, 0.15) is 39.3 Å². The van der Waals surface area contributed by atoms with Gasteiger partial charge in [-0.1, -0.05) is 0 Å². The Kier molecular flexibility index (Phi) is 13.6. The van der Waals surface area contributed by atoms with E-state index < -0.39 is 65.8 Å². The van der Waals surface area contributed by atoms with E-state index in [2.05, 4.69) is 26.0 Å². The minimum atomic E-state index is -1.85. The van der Waals surface area contributed by atoms with Crippen LogP contribution in [0.25, 0.3) is 0 Å². The van der Waals surface area contributed by atoms with Gasteiger partial charge in [-0.25, -0.2) is 19.2 Å². The summed E-state index contributed by atoms with van der Waals surface area (Å²) in [5, 5.41) is 9.22. The third-order valence-corrected chi connectivity index (χ3v) is 4.69. The summed E-state index contributed by atoms with van der Waals surface area (Å²) < 4.78 is 28.2. The van der Waals surface area contributed by atoms with E-state index in [-0.39, 0.29) is 26.2 Å². The van der Waals surface area contributed by atoms with Gasteiger partial charge in [0.25, 0.3) is 5.56 Å². The average Bonchev–Trinajstić information content (AvgIpc) is 2.87. The molecule has 0 saturated carbocycles. The van der Waals surface area contributed by atoms with Crippen LogP contribution in [-0.2, 0) is 28.6 Å². The number of carbonyl (C=O) groups is 5. The van der Waals surface area contributed by atoms with Crippen LogP contribution in [-0.4, -0.2) is 79.0 Å². The first-order valence-corrected chi connectivity index (χ1v) is 11.5. The number of rotatable bonds is 14. The fraction of sp³-hybridized carbons (Fsp3) is 0.571. The first-order chi connectivity index (χ1) is 18.0. The number of alkyl carbamates (subject to hydrolysis) is 2. The maximum Gasteiger partial charge on any atom is 0.407 e. The second-order valence-corrected chi connectivity index (χ2v) is 7.42. The molecule has 2 unspecified atom stereocenters. The molecule has 1 heterocycles. The van der Waals surface area contributed by atoms with Crippen molar-refractivity contribution in [2.75, 3.05) is 33.4 Å². The Morgan fingerprint density at radius 2 is 1.68 bits per heavy atom. The van der Waals surface area contributed by atoms with Gasteiger partial charge in [0.05, 0.1) is 33.1 Å². The van der Waals surface area contributed by atoms with Crippen molar-refractivity contribution in [2.24, 2.45) is 0 Å². The monoisotopic (exact) mass is 546 g/mol. The molecule has 2 atom stereocenters. The molecule has 0 radical (unpaired) electrons. The molecule has 0 aliphatic rings. The number of amides is 4. The van der Waals surface area contributed by atoms with Gasteiger partial charge in [0.15, 0.2) is 0 Å². The average molecular weight is 547 g/mol. The molecule has 0 saturated heterocycles. The number of ether oxygens (including phenoxy) is 3. The van der Waals surface area contributed by atoms with Crippen molar-refractivity contribution in [1.29, 1.82) is 0 Å². The predicted octanol–water partition coefficient (Wildman–Crippen LogP) is -1.39. The second kappa shape index (κ2) is 16.3. The maximum absolute atomic E-state index is 13.7. The predicted molar refractivity (Wildman–Crippen MR) is 126 cm³/mol. The van der Waals surface area contributed by atoms with Crippen LogP contribution >= 0.6 is 0 Å². The maximum atomic E-state index is 13.7. The molecule has 0 aliphatic carbocycles. The van der Waals surface area contributed by atoms with Crippen molar-refractivity contribution in [2.45, 2.75) is 45.3 Å². The summed E-state index contributed by atoms with van der Waals surface area (Å²) in [4.78, 5) is 85.3. The molecule has 1 aromatic rings. The third kappa shape index (κ3) is 10.7. The molecule has 4 amide bonds. The van der Waals surface area contributed by atoms with E-state index in [1.165, 1.54) is 14.0 Å². The van der Waals surface area contributed by atoms with Crippen molar-refractivity contribution in [3.05, 3.63) is 32.9 Å². The fourth-order valence-electron chi connectivity index (χ4n) is 2.93. The molecule has 38 heavy (non-hydrogen) atoms. The van der Waals surface area contributed by atoms with Gasteiger partial charge in [-0.2, -0.15) is 4.39 Å². The summed E-state index contributed by atoms with van der Waals surface area (Å²) in [5.41, 5.74) is -2.52. The SMILES string of the molecule is CCOC(=O)NC(CCCCNC(=O)OC)C(=O)NCC(=O)NC(C(=O)OCC)n1cc(F)c(=O)[nH]c1=O. The summed E-state index contributed by atoms with van der Waals surface area (Å²) in [7, 11) is 1.21. The fourth-order valence-corrected chi connectivity index (χ4v) is 2.93. The van der Waals surface area contributed by atoms with Gasteiger partial charge in [0, 0.05) is 6.54 Å². The van der Waals surface area contributed by atoms with Crippen LogP contribution in [0.4, 0.5) is 14.0 Å². The van der Waals surface area contributed by atoms with Gasteiger partial charge in [0.1, 0.15) is 6.04 Å².